The monoisotopic (exact) mass is 296 g/mol. The quantitative estimate of drug-likeness (QED) is 0.903. The Kier molecular flexibility index (Phi) is 4.93. The number of benzene rings is 1. The first-order valence-corrected chi connectivity index (χ1v) is 6.39. The van der Waals surface area contributed by atoms with E-state index in [1.165, 1.54) is 25.3 Å². The molecule has 1 rings (SSSR count). The van der Waals surface area contributed by atoms with Crippen LogP contribution in [0.25, 0.3) is 0 Å². The van der Waals surface area contributed by atoms with Gasteiger partial charge in [-0.2, -0.15) is 13.2 Å². The summed E-state index contributed by atoms with van der Waals surface area (Å²) in [7, 11) is -0.714. The second-order valence-electron chi connectivity index (χ2n) is 3.62. The first-order chi connectivity index (χ1) is 8.75. The molecule has 2 unspecified atom stereocenters. The van der Waals surface area contributed by atoms with Crippen molar-refractivity contribution in [2.75, 3.05) is 12.9 Å². The molecule has 0 amide bonds. The van der Waals surface area contributed by atoms with Gasteiger partial charge in [-0.3, -0.25) is 9.00 Å². The molecule has 1 N–H and O–H groups in total. The van der Waals surface area contributed by atoms with Gasteiger partial charge in [0.15, 0.2) is 5.92 Å². The Balaban J connectivity index is 2.91. The molecular formula is C11H11F3O4S. The number of halogens is 3. The molecule has 0 heterocycles. The molecule has 0 aliphatic carbocycles. The van der Waals surface area contributed by atoms with E-state index < -0.39 is 34.6 Å². The predicted molar refractivity (Wildman–Crippen MR) is 61.5 cm³/mol. The van der Waals surface area contributed by atoms with E-state index in [1.807, 2.05) is 0 Å². The van der Waals surface area contributed by atoms with Crippen LogP contribution in [-0.4, -0.2) is 34.3 Å². The molecule has 0 saturated heterocycles. The number of carbonyl (C=O) groups is 1. The van der Waals surface area contributed by atoms with Crippen LogP contribution in [0.2, 0.25) is 0 Å². The number of carboxylic acids is 1. The highest BCUT2D eigenvalue weighted by Crippen LogP contribution is 2.28. The van der Waals surface area contributed by atoms with Gasteiger partial charge in [-0.05, 0) is 18.2 Å². The van der Waals surface area contributed by atoms with E-state index in [0.29, 0.717) is 5.75 Å². The predicted octanol–water partition coefficient (Wildman–Crippen LogP) is 2.07. The summed E-state index contributed by atoms with van der Waals surface area (Å²) in [4.78, 5) is 10.6. The zero-order chi connectivity index (χ0) is 14.6. The summed E-state index contributed by atoms with van der Waals surface area (Å²) in [5, 5.41) is 8.53. The zero-order valence-corrected chi connectivity index (χ0v) is 10.6. The molecule has 0 fully saturated rings. The Labute approximate surface area is 109 Å². The van der Waals surface area contributed by atoms with Crippen molar-refractivity contribution in [3.05, 3.63) is 24.3 Å². The molecular weight excluding hydrogens is 285 g/mol. The van der Waals surface area contributed by atoms with Crippen LogP contribution < -0.4 is 4.74 Å². The van der Waals surface area contributed by atoms with Crippen molar-refractivity contribution in [1.82, 2.24) is 0 Å². The summed E-state index contributed by atoms with van der Waals surface area (Å²) in [6.07, 6.45) is -4.93. The molecule has 2 atom stereocenters. The molecule has 0 aliphatic rings. The third-order valence-corrected chi connectivity index (χ3v) is 3.73. The van der Waals surface area contributed by atoms with Crippen molar-refractivity contribution in [2.45, 2.75) is 11.1 Å². The lowest BCUT2D eigenvalue weighted by molar-refractivity contribution is -0.188. The largest absolute Gasteiger partial charge is 0.497 e. The molecule has 1 aromatic carbocycles. The average Bonchev–Trinajstić information content (AvgIpc) is 2.33. The molecule has 1 aromatic rings. The normalized spacial score (nSPS) is 14.7. The summed E-state index contributed by atoms with van der Waals surface area (Å²) in [6, 6.07) is 5.67. The summed E-state index contributed by atoms with van der Waals surface area (Å²) < 4.78 is 54.0. The molecule has 4 nitrogen and oxygen atoms in total. The Morgan fingerprint density at radius 1 is 1.47 bits per heavy atom. The fourth-order valence-corrected chi connectivity index (χ4v) is 2.60. The molecule has 106 valence electrons. The van der Waals surface area contributed by atoms with Gasteiger partial charge in [-0.1, -0.05) is 6.07 Å². The molecule has 0 aromatic heterocycles. The van der Waals surface area contributed by atoms with Crippen molar-refractivity contribution in [3.8, 4) is 5.75 Å². The lowest BCUT2D eigenvalue weighted by Crippen LogP contribution is -2.35. The summed E-state index contributed by atoms with van der Waals surface area (Å²) in [5.74, 6) is -5.38. The van der Waals surface area contributed by atoms with Crippen LogP contribution >= 0.6 is 0 Å². The smallest absolute Gasteiger partial charge is 0.403 e. The lowest BCUT2D eigenvalue weighted by atomic mass is 10.2. The Hall–Kier alpha value is -1.57. The lowest BCUT2D eigenvalue weighted by Gasteiger charge is -2.15. The molecule has 0 aliphatic heterocycles. The third kappa shape index (κ3) is 4.23. The Morgan fingerprint density at radius 2 is 2.11 bits per heavy atom. The van der Waals surface area contributed by atoms with Crippen LogP contribution in [-0.2, 0) is 15.6 Å². The van der Waals surface area contributed by atoms with Crippen molar-refractivity contribution in [3.63, 3.8) is 0 Å². The molecule has 0 spiro atoms. The highest BCUT2D eigenvalue weighted by atomic mass is 32.2. The molecule has 0 radical (unpaired) electrons. The van der Waals surface area contributed by atoms with Gasteiger partial charge in [-0.25, -0.2) is 0 Å². The van der Waals surface area contributed by atoms with Crippen LogP contribution in [0, 0.1) is 5.92 Å². The maximum Gasteiger partial charge on any atom is 0.403 e. The van der Waals surface area contributed by atoms with Crippen molar-refractivity contribution in [2.24, 2.45) is 5.92 Å². The molecule has 8 heteroatoms. The first kappa shape index (κ1) is 15.5. The number of methoxy groups -OCH3 is 1. The van der Waals surface area contributed by atoms with Gasteiger partial charge in [0.05, 0.1) is 23.7 Å². The maximum absolute atomic E-state index is 12.5. The molecule has 19 heavy (non-hydrogen) atoms. The fraction of sp³-hybridized carbons (Fsp3) is 0.364. The van der Waals surface area contributed by atoms with Crippen LogP contribution in [0.15, 0.2) is 29.2 Å². The Bertz CT molecular complexity index is 487. The topological polar surface area (TPSA) is 63.6 Å². The van der Waals surface area contributed by atoms with E-state index in [4.69, 9.17) is 9.84 Å². The molecule has 0 saturated carbocycles. The number of alkyl halides is 3. The van der Waals surface area contributed by atoms with Crippen LogP contribution in [0.3, 0.4) is 0 Å². The Morgan fingerprint density at radius 3 is 2.58 bits per heavy atom. The number of hydrogen-bond donors (Lipinski definition) is 1. The maximum atomic E-state index is 12.5. The van der Waals surface area contributed by atoms with Gasteiger partial charge in [0.1, 0.15) is 5.75 Å². The third-order valence-electron chi connectivity index (χ3n) is 2.32. The van der Waals surface area contributed by atoms with E-state index in [-0.39, 0.29) is 4.90 Å². The van der Waals surface area contributed by atoms with Gasteiger partial charge in [0.25, 0.3) is 0 Å². The highest BCUT2D eigenvalue weighted by molar-refractivity contribution is 7.85. The van der Waals surface area contributed by atoms with Crippen LogP contribution in [0.4, 0.5) is 13.2 Å². The van der Waals surface area contributed by atoms with E-state index in [9.17, 15) is 22.2 Å². The second kappa shape index (κ2) is 6.05. The number of aliphatic carboxylic acids is 1. The fourth-order valence-electron chi connectivity index (χ4n) is 1.30. The van der Waals surface area contributed by atoms with Gasteiger partial charge in [0.2, 0.25) is 0 Å². The van der Waals surface area contributed by atoms with E-state index in [1.54, 1.807) is 6.07 Å². The van der Waals surface area contributed by atoms with Crippen LogP contribution in [0.1, 0.15) is 0 Å². The number of rotatable bonds is 5. The minimum atomic E-state index is -4.93. The van der Waals surface area contributed by atoms with Gasteiger partial charge < -0.3 is 9.84 Å². The summed E-state index contributed by atoms with van der Waals surface area (Å²) in [5.41, 5.74) is 0. The van der Waals surface area contributed by atoms with Gasteiger partial charge in [0, 0.05) is 4.90 Å². The zero-order valence-electron chi connectivity index (χ0n) is 9.81. The van der Waals surface area contributed by atoms with E-state index in [2.05, 4.69) is 0 Å². The highest BCUT2D eigenvalue weighted by Gasteiger charge is 2.46. The number of ether oxygens (including phenoxy) is 1. The number of hydrogen-bond acceptors (Lipinski definition) is 3. The standard InChI is InChI=1S/C11H11F3O4S/c1-18-7-3-2-4-8(5-7)19(17)6-9(10(15)16)11(12,13)14/h2-5,9H,6H2,1H3,(H,15,16). The second-order valence-corrected chi connectivity index (χ2v) is 5.12. The molecule has 0 bridgehead atoms. The van der Waals surface area contributed by atoms with Gasteiger partial charge >= 0.3 is 12.1 Å². The number of carboxylic acid groups (broad SMARTS) is 1. The minimum Gasteiger partial charge on any atom is -0.497 e. The van der Waals surface area contributed by atoms with Crippen molar-refractivity contribution < 1.29 is 32.0 Å². The van der Waals surface area contributed by atoms with Gasteiger partial charge in [-0.15, -0.1) is 0 Å². The summed E-state index contributed by atoms with van der Waals surface area (Å²) in [6.45, 7) is 0. The minimum absolute atomic E-state index is 0.0925. The van der Waals surface area contributed by atoms with E-state index >= 15 is 0 Å². The average molecular weight is 296 g/mol. The van der Waals surface area contributed by atoms with E-state index in [0.717, 1.165) is 0 Å². The van der Waals surface area contributed by atoms with Crippen LogP contribution in [0.5, 0.6) is 5.75 Å². The first-order valence-electron chi connectivity index (χ1n) is 5.07. The summed E-state index contributed by atoms with van der Waals surface area (Å²) >= 11 is 0. The van der Waals surface area contributed by atoms with Crippen molar-refractivity contribution >= 4 is 16.8 Å². The SMILES string of the molecule is COc1cccc(S(=O)CC(C(=O)O)C(F)(F)F)c1. The van der Waals surface area contributed by atoms with Crippen molar-refractivity contribution in [1.29, 1.82) is 0 Å².